The molecule has 1 aliphatic carbocycles. The minimum absolute atomic E-state index is 0.0333. The second kappa shape index (κ2) is 25.9. The first-order valence-electron chi connectivity index (χ1n) is 21.3. The van der Waals surface area contributed by atoms with E-state index in [1.807, 2.05) is 30.3 Å². The van der Waals surface area contributed by atoms with Crippen LogP contribution in [0.2, 0.25) is 6.32 Å². The van der Waals surface area contributed by atoms with Crippen LogP contribution >= 0.6 is 0 Å². The number of ketones is 1. The third kappa shape index (κ3) is 17.6. The van der Waals surface area contributed by atoms with Crippen LogP contribution in [0.4, 0.5) is 0 Å². The van der Waals surface area contributed by atoms with Crippen LogP contribution in [0.15, 0.2) is 42.5 Å². The first-order chi connectivity index (χ1) is 28.6. The van der Waals surface area contributed by atoms with E-state index in [4.69, 9.17) is 33.4 Å². The van der Waals surface area contributed by atoms with E-state index in [1.165, 1.54) is 13.8 Å². The van der Waals surface area contributed by atoms with E-state index in [0.29, 0.717) is 25.7 Å². The van der Waals surface area contributed by atoms with E-state index in [0.717, 1.165) is 70.7 Å². The minimum atomic E-state index is -1.51. The lowest BCUT2D eigenvalue weighted by Gasteiger charge is -2.28. The molecule has 9 atom stereocenters. The van der Waals surface area contributed by atoms with Crippen molar-refractivity contribution in [2.45, 2.75) is 174 Å². The van der Waals surface area contributed by atoms with Crippen LogP contribution < -0.4 is 0 Å². The molecule has 1 aromatic carbocycles. The lowest BCUT2D eigenvalue weighted by Crippen LogP contribution is -2.37. The van der Waals surface area contributed by atoms with Gasteiger partial charge in [0.15, 0.2) is 24.4 Å². The van der Waals surface area contributed by atoms with E-state index in [2.05, 4.69) is 23.8 Å². The fourth-order valence-corrected chi connectivity index (χ4v) is 7.26. The Hall–Kier alpha value is -4.57. The molecule has 0 amide bonds. The van der Waals surface area contributed by atoms with Gasteiger partial charge in [-0.2, -0.15) is 0 Å². The molecule has 1 N–H and O–H groups in total. The third-order valence-corrected chi connectivity index (χ3v) is 10.7. The molecule has 16 heteroatoms. The van der Waals surface area contributed by atoms with Crippen LogP contribution in [0.25, 0.3) is 0 Å². The molecule has 0 radical (unpaired) electrons. The summed E-state index contributed by atoms with van der Waals surface area (Å²) in [7, 11) is -0.236. The molecule has 0 spiro atoms. The van der Waals surface area contributed by atoms with Gasteiger partial charge in [0.05, 0.1) is 12.8 Å². The lowest BCUT2D eigenvalue weighted by atomic mass is 9.80. The summed E-state index contributed by atoms with van der Waals surface area (Å²) in [6, 6.07) is 9.90. The molecule has 1 aromatic rings. The number of Topliss-reactive ketones (excluding diaryl/α,β-unsaturated/α-hetero) is 1. The summed E-state index contributed by atoms with van der Waals surface area (Å²) in [5.74, 6) is -5.52. The van der Waals surface area contributed by atoms with E-state index in [9.17, 15) is 33.6 Å². The molecule has 0 aromatic heterocycles. The van der Waals surface area contributed by atoms with Crippen molar-refractivity contribution < 1.29 is 71.7 Å². The molecule has 1 saturated carbocycles. The van der Waals surface area contributed by atoms with Crippen molar-refractivity contribution in [3.63, 3.8) is 0 Å². The number of aryl methyl sites for hydroxylation is 1. The lowest BCUT2D eigenvalue weighted by molar-refractivity contribution is -0.184. The van der Waals surface area contributed by atoms with E-state index in [-0.39, 0.29) is 49.8 Å². The maximum Gasteiger partial charge on any atom is 0.457 e. The first kappa shape index (κ1) is 49.8. The molecule has 1 heterocycles. The molecule has 3 rings (SSSR count). The second-order valence-corrected chi connectivity index (χ2v) is 15.7. The summed E-state index contributed by atoms with van der Waals surface area (Å²) >= 11 is 0. The van der Waals surface area contributed by atoms with Gasteiger partial charge >= 0.3 is 42.9 Å². The van der Waals surface area contributed by atoms with Gasteiger partial charge in [-0.25, -0.2) is 19.2 Å². The summed E-state index contributed by atoms with van der Waals surface area (Å²) < 4.78 is 38.7. The highest BCUT2D eigenvalue weighted by Gasteiger charge is 2.50. The predicted octanol–water partition coefficient (Wildman–Crippen LogP) is 6.32. The smallest absolute Gasteiger partial charge is 0.457 e. The maximum atomic E-state index is 13.2. The van der Waals surface area contributed by atoms with Gasteiger partial charge in [0, 0.05) is 18.6 Å². The molecule has 15 nitrogen and oxygen atoms in total. The van der Waals surface area contributed by atoms with Crippen LogP contribution in [0.1, 0.15) is 124 Å². The van der Waals surface area contributed by atoms with Crippen molar-refractivity contribution in [1.29, 1.82) is 0 Å². The zero-order valence-electron chi connectivity index (χ0n) is 35.9. The number of benzene rings is 1. The standard InChI is InChI=1S/C44H63BO15/c1-7-8-26-45-59-37-27-38(60-45)36(35(37)19-15-10-9-12-16-28(2)46)23-22-34(21-20-33-17-13-11-14-18-33)58-40(48)25-24-39(47)54-30(4)42(51)56-32(6)44(53)57-31(5)43(52)55-29(3)41(49)50/h10-11,13-15,17-18,29-32,34-38H,7-9,12,16,19-27H2,1-6H3,(H,49,50)/b15-10-/t29-,30-,31-,32-,34+,35-,36-,37+,38-/m1/s1. The zero-order chi connectivity index (χ0) is 44.2. The number of esters is 5. The highest BCUT2D eigenvalue weighted by molar-refractivity contribution is 6.44. The number of fused-ring (bicyclic) bond motifs is 2. The predicted molar refractivity (Wildman–Crippen MR) is 218 cm³/mol. The third-order valence-electron chi connectivity index (χ3n) is 10.7. The Bertz CT molecular complexity index is 1600. The minimum Gasteiger partial charge on any atom is -0.479 e. The molecule has 2 aliphatic rings. The average Bonchev–Trinajstić information content (AvgIpc) is 3.45. The van der Waals surface area contributed by atoms with Gasteiger partial charge in [0.2, 0.25) is 0 Å². The summed E-state index contributed by atoms with van der Waals surface area (Å²) in [6.07, 6.45) is 6.81. The normalized spacial score (nSPS) is 20.9. The number of rotatable bonds is 27. The second-order valence-electron chi connectivity index (χ2n) is 15.7. The van der Waals surface area contributed by atoms with Gasteiger partial charge in [-0.3, -0.25) is 9.59 Å². The van der Waals surface area contributed by atoms with Gasteiger partial charge in [0.25, 0.3) is 0 Å². The van der Waals surface area contributed by atoms with Gasteiger partial charge in [0.1, 0.15) is 11.9 Å². The molecule has 2 fully saturated rings. The van der Waals surface area contributed by atoms with Crippen LogP contribution in [-0.2, 0) is 73.0 Å². The van der Waals surface area contributed by atoms with Gasteiger partial charge in [-0.1, -0.05) is 62.2 Å². The number of carbonyl (C=O) groups excluding carboxylic acids is 6. The molecular formula is C44H63BO15. The number of ether oxygens (including phenoxy) is 5. The number of hydrogen-bond acceptors (Lipinski definition) is 14. The van der Waals surface area contributed by atoms with Crippen molar-refractivity contribution in [3.05, 3.63) is 48.0 Å². The maximum absolute atomic E-state index is 13.2. The number of hydrogen-bond donors (Lipinski definition) is 1. The van der Waals surface area contributed by atoms with Crippen LogP contribution in [0.5, 0.6) is 0 Å². The molecule has 1 saturated heterocycles. The summed E-state index contributed by atoms with van der Waals surface area (Å²) in [5.41, 5.74) is 1.10. The Kier molecular flexibility index (Phi) is 21.5. The number of allylic oxidation sites excluding steroid dienone is 2. The number of unbranched alkanes of at least 4 members (excludes halogenated alkanes) is 2. The Morgan fingerprint density at radius 1 is 0.733 bits per heavy atom. The molecule has 60 heavy (non-hydrogen) atoms. The topological polar surface area (TPSA) is 204 Å². The van der Waals surface area contributed by atoms with Gasteiger partial charge in [-0.15, -0.1) is 0 Å². The number of carboxylic acid groups (broad SMARTS) is 1. The Morgan fingerprint density at radius 3 is 1.88 bits per heavy atom. The Morgan fingerprint density at radius 2 is 1.30 bits per heavy atom. The van der Waals surface area contributed by atoms with E-state index < -0.39 is 66.3 Å². The van der Waals surface area contributed by atoms with Crippen molar-refractivity contribution >= 4 is 48.7 Å². The number of carboxylic acids is 1. The van der Waals surface area contributed by atoms with Crippen LogP contribution in [-0.4, -0.2) is 96.6 Å². The summed E-state index contributed by atoms with van der Waals surface area (Å²) in [4.78, 5) is 85.1. The van der Waals surface area contributed by atoms with Crippen molar-refractivity contribution in [2.75, 3.05) is 0 Å². The van der Waals surface area contributed by atoms with Crippen LogP contribution in [0.3, 0.4) is 0 Å². The highest BCUT2D eigenvalue weighted by Crippen LogP contribution is 2.45. The molecule has 0 unspecified atom stereocenters. The zero-order valence-corrected chi connectivity index (χ0v) is 35.9. The van der Waals surface area contributed by atoms with Gasteiger partial charge in [-0.05, 0) is 110 Å². The van der Waals surface area contributed by atoms with E-state index >= 15 is 0 Å². The van der Waals surface area contributed by atoms with E-state index in [1.54, 1.807) is 6.92 Å². The SMILES string of the molecule is CCCCB1O[C@H]2C[C@@H](O1)[C@H](CC[C@H](CCc1ccccc1)OC(=O)CCC(=O)O[C@H](C)C(=O)O[C@H](C)C(=O)O[C@H](C)C(=O)O[C@H](C)C(=O)O)[C@H]2C/C=C\CCCC(C)=O. The van der Waals surface area contributed by atoms with Crippen LogP contribution in [0, 0.1) is 11.8 Å². The molecule has 2 bridgehead atoms. The fraction of sp³-hybridized carbons (Fsp3) is 0.659. The number of carbonyl (C=O) groups is 7. The van der Waals surface area contributed by atoms with Crippen molar-refractivity contribution in [1.82, 2.24) is 0 Å². The van der Waals surface area contributed by atoms with Crippen molar-refractivity contribution in [3.8, 4) is 0 Å². The Balaban J connectivity index is 1.55. The molecule has 332 valence electrons. The largest absolute Gasteiger partial charge is 0.479 e. The van der Waals surface area contributed by atoms with Crippen molar-refractivity contribution in [2.24, 2.45) is 11.8 Å². The first-order valence-corrected chi connectivity index (χ1v) is 21.3. The summed E-state index contributed by atoms with van der Waals surface area (Å²) in [6.45, 7) is 8.46. The number of aliphatic carboxylic acids is 1. The molecule has 1 aliphatic heterocycles. The average molecular weight is 843 g/mol. The Labute approximate surface area is 353 Å². The monoisotopic (exact) mass is 842 g/mol. The quantitative estimate of drug-likeness (QED) is 0.0339. The van der Waals surface area contributed by atoms with Gasteiger partial charge < -0.3 is 42.9 Å². The summed E-state index contributed by atoms with van der Waals surface area (Å²) in [5, 5.41) is 8.89. The fourth-order valence-electron chi connectivity index (χ4n) is 7.26. The molecular weight excluding hydrogens is 779 g/mol. The highest BCUT2D eigenvalue weighted by atomic mass is 16.6.